The number of para-hydroxylation sites is 1. The Bertz CT molecular complexity index is 1170. The fourth-order valence-electron chi connectivity index (χ4n) is 2.58. The van der Waals surface area contributed by atoms with E-state index in [1.165, 1.54) is 16.4 Å². The van der Waals surface area contributed by atoms with Gasteiger partial charge in [-0.15, -0.1) is 11.3 Å². The normalized spacial score (nSPS) is 10.4. The van der Waals surface area contributed by atoms with E-state index in [4.69, 9.17) is 0 Å². The number of aryl methyl sites for hydroxylation is 1. The first-order valence-corrected chi connectivity index (χ1v) is 10.6. The maximum absolute atomic E-state index is 12.6. The van der Waals surface area contributed by atoms with Crippen LogP contribution in [0.25, 0.3) is 0 Å². The van der Waals surface area contributed by atoms with Crippen molar-refractivity contribution in [2.45, 2.75) is 18.4 Å². The fourth-order valence-corrected chi connectivity index (χ4v) is 4.52. The van der Waals surface area contributed by atoms with Gasteiger partial charge in [0.2, 0.25) is 5.91 Å². The van der Waals surface area contributed by atoms with Gasteiger partial charge in [-0.3, -0.25) is 14.1 Å². The van der Waals surface area contributed by atoms with Gasteiger partial charge in [-0.1, -0.05) is 22.9 Å². The number of nitrogens with one attached hydrogen (secondary N) is 3. The summed E-state index contributed by atoms with van der Waals surface area (Å²) in [5.74, 6) is -0.323. The Morgan fingerprint density at radius 2 is 2.03 bits per heavy atom. The molecule has 3 N–H and O–H groups in total. The SMILES string of the molecule is Cc1c(C(=O)Nc2ccccc2)sc(NC(=O)CCSc2c(=O)o[nH][n+]2C)c1C#N. The van der Waals surface area contributed by atoms with Crippen molar-refractivity contribution in [3.63, 3.8) is 0 Å². The summed E-state index contributed by atoms with van der Waals surface area (Å²) >= 11 is 2.24. The van der Waals surface area contributed by atoms with Gasteiger partial charge in [0.1, 0.15) is 11.1 Å². The number of aromatic amines is 1. The summed E-state index contributed by atoms with van der Waals surface area (Å²) in [5, 5.41) is 18.0. The van der Waals surface area contributed by atoms with Crippen LogP contribution >= 0.6 is 23.1 Å². The van der Waals surface area contributed by atoms with Crippen molar-refractivity contribution in [2.75, 3.05) is 16.4 Å². The molecule has 0 saturated carbocycles. The van der Waals surface area contributed by atoms with Gasteiger partial charge in [0.25, 0.3) is 5.91 Å². The van der Waals surface area contributed by atoms with Gasteiger partial charge >= 0.3 is 10.7 Å². The second-order valence-electron chi connectivity index (χ2n) is 6.18. The molecule has 1 aromatic carbocycles. The number of nitrogens with zero attached hydrogens (tertiary/aromatic N) is 2. The van der Waals surface area contributed by atoms with Crippen LogP contribution < -0.4 is 20.9 Å². The topological polar surface area (TPSA) is 132 Å². The molecule has 0 fully saturated rings. The minimum Gasteiger partial charge on any atom is -0.321 e. The lowest BCUT2D eigenvalue weighted by Crippen LogP contribution is -2.33. The number of hydrogen-bond acceptors (Lipinski definition) is 7. The number of benzene rings is 1. The molecule has 9 nitrogen and oxygen atoms in total. The maximum atomic E-state index is 12.6. The highest BCUT2D eigenvalue weighted by molar-refractivity contribution is 7.99. The summed E-state index contributed by atoms with van der Waals surface area (Å²) in [6.07, 6.45) is 0.114. The van der Waals surface area contributed by atoms with Gasteiger partial charge in [-0.2, -0.15) is 5.26 Å². The largest absolute Gasteiger partial charge is 0.441 e. The number of aromatic nitrogens is 2. The summed E-state index contributed by atoms with van der Waals surface area (Å²) in [5.41, 5.74) is 0.908. The van der Waals surface area contributed by atoms with Crippen LogP contribution in [-0.2, 0) is 11.8 Å². The molecule has 0 spiro atoms. The van der Waals surface area contributed by atoms with Crippen molar-refractivity contribution >= 4 is 45.6 Å². The molecule has 0 aliphatic rings. The molecule has 0 aliphatic carbocycles. The van der Waals surface area contributed by atoms with Crippen molar-refractivity contribution in [1.29, 1.82) is 5.26 Å². The third-order valence-electron chi connectivity index (χ3n) is 4.07. The first-order valence-electron chi connectivity index (χ1n) is 8.80. The zero-order chi connectivity index (χ0) is 21.7. The highest BCUT2D eigenvalue weighted by Crippen LogP contribution is 2.33. The predicted octanol–water partition coefficient (Wildman–Crippen LogP) is 2.41. The zero-order valence-corrected chi connectivity index (χ0v) is 17.8. The van der Waals surface area contributed by atoms with E-state index in [0.29, 0.717) is 31.9 Å². The van der Waals surface area contributed by atoms with Gasteiger partial charge in [-0.25, -0.2) is 4.79 Å². The number of H-pyrrole nitrogens is 1. The molecule has 0 aliphatic heterocycles. The average molecular weight is 445 g/mol. The number of carbonyl (C=O) groups is 2. The molecule has 2 heterocycles. The molecular weight excluding hydrogens is 426 g/mol. The number of thiophene rings is 1. The van der Waals surface area contributed by atoms with Crippen molar-refractivity contribution in [1.82, 2.24) is 5.27 Å². The first-order chi connectivity index (χ1) is 14.4. The number of hydrogen-bond donors (Lipinski definition) is 3. The second kappa shape index (κ2) is 9.43. The molecule has 0 bridgehead atoms. The monoisotopic (exact) mass is 444 g/mol. The minimum atomic E-state index is -0.502. The van der Waals surface area contributed by atoms with Gasteiger partial charge in [-0.05, 0) is 41.7 Å². The van der Waals surface area contributed by atoms with E-state index in [0.717, 1.165) is 11.3 Å². The molecule has 2 aromatic heterocycles. The van der Waals surface area contributed by atoms with E-state index in [1.54, 1.807) is 38.2 Å². The molecule has 2 amide bonds. The van der Waals surface area contributed by atoms with Crippen LogP contribution in [0.1, 0.15) is 27.2 Å². The van der Waals surface area contributed by atoms with Gasteiger partial charge in [0, 0.05) is 17.9 Å². The summed E-state index contributed by atoms with van der Waals surface area (Å²) in [6, 6.07) is 11.0. The molecule has 0 atom stereocenters. The van der Waals surface area contributed by atoms with E-state index in [1.807, 2.05) is 6.07 Å². The van der Waals surface area contributed by atoms with Gasteiger partial charge < -0.3 is 10.6 Å². The average Bonchev–Trinajstić information content (AvgIpc) is 3.21. The van der Waals surface area contributed by atoms with Crippen LogP contribution in [-0.4, -0.2) is 22.8 Å². The molecule has 3 aromatic rings. The molecular formula is C19H18N5O4S2+. The van der Waals surface area contributed by atoms with E-state index in [9.17, 15) is 19.6 Å². The second-order valence-corrected chi connectivity index (χ2v) is 8.29. The molecule has 3 rings (SSSR count). The van der Waals surface area contributed by atoms with Gasteiger partial charge in [0.05, 0.1) is 10.4 Å². The lowest BCUT2D eigenvalue weighted by molar-refractivity contribution is -0.772. The standard InChI is InChI=1S/C19H17N5O4S2/c1-11-13(10-20)17(30-15(11)16(26)21-12-6-4-3-5-7-12)22-14(25)8-9-29-18-19(27)28-23-24(18)2/h3-7H,8-9H2,1-2H3,(H2-,21,22,23,25,26,27)/p+1. The van der Waals surface area contributed by atoms with Crippen molar-refractivity contribution in [3.05, 3.63) is 56.8 Å². The predicted molar refractivity (Wildman–Crippen MR) is 113 cm³/mol. The number of rotatable bonds is 7. The molecule has 154 valence electrons. The lowest BCUT2D eigenvalue weighted by Gasteiger charge is -2.03. The van der Waals surface area contributed by atoms with Crippen LogP contribution in [0.2, 0.25) is 0 Å². The molecule has 30 heavy (non-hydrogen) atoms. The Labute approximate surface area is 179 Å². The van der Waals surface area contributed by atoms with Gasteiger partial charge in [0.15, 0.2) is 7.05 Å². The highest BCUT2D eigenvalue weighted by atomic mass is 32.2. The summed E-state index contributed by atoms with van der Waals surface area (Å²) < 4.78 is 6.08. The van der Waals surface area contributed by atoms with E-state index >= 15 is 0 Å². The summed E-state index contributed by atoms with van der Waals surface area (Å²) in [7, 11) is 1.63. The van der Waals surface area contributed by atoms with Crippen molar-refractivity contribution < 1.29 is 18.8 Å². The van der Waals surface area contributed by atoms with E-state index in [-0.39, 0.29) is 23.8 Å². The summed E-state index contributed by atoms with van der Waals surface area (Å²) in [4.78, 5) is 36.8. The Morgan fingerprint density at radius 1 is 1.30 bits per heavy atom. The molecule has 0 unspecified atom stereocenters. The Morgan fingerprint density at radius 3 is 2.67 bits per heavy atom. The Balaban J connectivity index is 1.66. The van der Waals surface area contributed by atoms with E-state index < -0.39 is 5.63 Å². The Hall–Kier alpha value is -3.36. The van der Waals surface area contributed by atoms with Crippen molar-refractivity contribution in [3.8, 4) is 6.07 Å². The molecule has 11 heteroatoms. The number of amides is 2. The van der Waals surface area contributed by atoms with Crippen LogP contribution in [0.4, 0.5) is 10.7 Å². The fraction of sp³-hybridized carbons (Fsp3) is 0.211. The molecule has 0 saturated heterocycles. The van der Waals surface area contributed by atoms with Crippen LogP contribution in [0, 0.1) is 18.3 Å². The zero-order valence-electron chi connectivity index (χ0n) is 16.1. The third-order valence-corrected chi connectivity index (χ3v) is 6.40. The minimum absolute atomic E-state index is 0.114. The number of nitriles is 1. The smallest absolute Gasteiger partial charge is 0.321 e. The highest BCUT2D eigenvalue weighted by Gasteiger charge is 2.22. The van der Waals surface area contributed by atoms with Crippen LogP contribution in [0.3, 0.4) is 0 Å². The molecule has 0 radical (unpaired) electrons. The number of carbonyl (C=O) groups excluding carboxylic acids is 2. The Kier molecular flexibility index (Phi) is 6.71. The third kappa shape index (κ3) is 4.79. The lowest BCUT2D eigenvalue weighted by atomic mass is 10.1. The first kappa shape index (κ1) is 21.4. The van der Waals surface area contributed by atoms with E-state index in [2.05, 4.69) is 26.5 Å². The number of anilines is 2. The van der Waals surface area contributed by atoms with Crippen LogP contribution in [0.5, 0.6) is 0 Å². The quantitative estimate of drug-likeness (QED) is 0.379. The number of thioether (sulfide) groups is 1. The van der Waals surface area contributed by atoms with Crippen molar-refractivity contribution in [2.24, 2.45) is 7.05 Å². The summed E-state index contributed by atoms with van der Waals surface area (Å²) in [6.45, 7) is 1.67. The van der Waals surface area contributed by atoms with Crippen LogP contribution in [0.15, 0.2) is 44.7 Å². The maximum Gasteiger partial charge on any atom is 0.441 e.